The lowest BCUT2D eigenvalue weighted by Crippen LogP contribution is -2.14. The van der Waals surface area contributed by atoms with Crippen molar-refractivity contribution in [2.24, 2.45) is 0 Å². The highest BCUT2D eigenvalue weighted by molar-refractivity contribution is 8.01. The Bertz CT molecular complexity index is 1170. The summed E-state index contributed by atoms with van der Waals surface area (Å²) in [6.07, 6.45) is 0. The second kappa shape index (κ2) is 9.73. The van der Waals surface area contributed by atoms with E-state index in [9.17, 15) is 29.8 Å². The van der Waals surface area contributed by atoms with Gasteiger partial charge in [0.25, 0.3) is 17.3 Å². The number of nitrogens with one attached hydrogen (secondary N) is 2. The largest absolute Gasteiger partial charge is 0.325 e. The summed E-state index contributed by atoms with van der Waals surface area (Å²) in [5, 5.41) is 34.6. The van der Waals surface area contributed by atoms with Gasteiger partial charge in [0.15, 0.2) is 4.34 Å². The molecular weight excluding hydrogens is 448 g/mol. The first-order valence-electron chi connectivity index (χ1n) is 8.39. The minimum atomic E-state index is -0.705. The van der Waals surface area contributed by atoms with E-state index in [1.165, 1.54) is 48.5 Å². The number of anilines is 2. The van der Waals surface area contributed by atoms with Gasteiger partial charge in [-0.25, -0.2) is 0 Å². The third-order valence-corrected chi connectivity index (χ3v) is 5.61. The number of benzene rings is 2. The maximum atomic E-state index is 12.3. The first-order chi connectivity index (χ1) is 14.8. The van der Waals surface area contributed by atoms with Gasteiger partial charge in [0.2, 0.25) is 11.0 Å². The van der Waals surface area contributed by atoms with Crippen molar-refractivity contribution in [1.82, 2.24) is 10.2 Å². The van der Waals surface area contributed by atoms with Gasteiger partial charge in [-0.05, 0) is 12.1 Å². The number of nitrogens with zero attached hydrogens (tertiary/aromatic N) is 4. The summed E-state index contributed by atoms with van der Waals surface area (Å²) in [5.41, 5.74) is -0.312. The van der Waals surface area contributed by atoms with Crippen molar-refractivity contribution in [3.05, 3.63) is 74.3 Å². The van der Waals surface area contributed by atoms with Crippen LogP contribution in [0, 0.1) is 20.2 Å². The molecule has 31 heavy (non-hydrogen) atoms. The quantitative estimate of drug-likeness (QED) is 0.221. The molecule has 0 spiro atoms. The molecule has 0 fully saturated rings. The van der Waals surface area contributed by atoms with Crippen LogP contribution in [0.15, 0.2) is 52.9 Å². The van der Waals surface area contributed by atoms with Gasteiger partial charge in [-0.1, -0.05) is 41.3 Å². The van der Waals surface area contributed by atoms with E-state index in [0.717, 1.165) is 23.1 Å². The molecule has 0 unspecified atom stereocenters. The Morgan fingerprint density at radius 1 is 1.00 bits per heavy atom. The SMILES string of the molecule is O=C(CSc1nnc(NC(=O)c2ccccc2[N+](=O)[O-])s1)Nc1cccc([N+](=O)[O-])c1. The molecule has 0 aliphatic rings. The third kappa shape index (κ3) is 5.80. The van der Waals surface area contributed by atoms with Gasteiger partial charge in [0.05, 0.1) is 15.6 Å². The molecule has 3 rings (SSSR count). The van der Waals surface area contributed by atoms with E-state index in [4.69, 9.17) is 0 Å². The number of thioether (sulfide) groups is 1. The van der Waals surface area contributed by atoms with Gasteiger partial charge in [0, 0.05) is 23.9 Å². The molecule has 0 aliphatic carbocycles. The number of amides is 2. The van der Waals surface area contributed by atoms with Crippen molar-refractivity contribution in [3.63, 3.8) is 0 Å². The van der Waals surface area contributed by atoms with Crippen LogP contribution in [0.2, 0.25) is 0 Å². The van der Waals surface area contributed by atoms with Crippen LogP contribution >= 0.6 is 23.1 Å². The maximum Gasteiger partial charge on any atom is 0.282 e. The van der Waals surface area contributed by atoms with Crippen LogP contribution in [0.5, 0.6) is 0 Å². The molecule has 2 aromatic carbocycles. The normalized spacial score (nSPS) is 10.3. The minimum absolute atomic E-state index is 0.0462. The van der Waals surface area contributed by atoms with Crippen LogP contribution in [0.3, 0.4) is 0 Å². The topological polar surface area (TPSA) is 170 Å². The first kappa shape index (κ1) is 21.8. The predicted molar refractivity (Wildman–Crippen MR) is 113 cm³/mol. The fourth-order valence-electron chi connectivity index (χ4n) is 2.33. The second-order valence-electron chi connectivity index (χ2n) is 5.75. The lowest BCUT2D eigenvalue weighted by molar-refractivity contribution is -0.385. The summed E-state index contributed by atoms with van der Waals surface area (Å²) in [7, 11) is 0. The van der Waals surface area contributed by atoms with E-state index >= 15 is 0 Å². The van der Waals surface area contributed by atoms with Gasteiger partial charge < -0.3 is 5.32 Å². The van der Waals surface area contributed by atoms with E-state index in [1.807, 2.05) is 0 Å². The predicted octanol–water partition coefficient (Wildman–Crippen LogP) is 3.34. The number of carbonyl (C=O) groups excluding carboxylic acids is 2. The summed E-state index contributed by atoms with van der Waals surface area (Å²) in [6.45, 7) is 0. The highest BCUT2D eigenvalue weighted by Crippen LogP contribution is 2.27. The van der Waals surface area contributed by atoms with E-state index in [2.05, 4.69) is 20.8 Å². The molecule has 1 heterocycles. The van der Waals surface area contributed by atoms with Gasteiger partial charge >= 0.3 is 0 Å². The first-order valence-corrected chi connectivity index (χ1v) is 10.2. The molecule has 0 saturated heterocycles. The van der Waals surface area contributed by atoms with Gasteiger partial charge in [-0.15, -0.1) is 10.2 Å². The third-order valence-electron chi connectivity index (χ3n) is 3.64. The van der Waals surface area contributed by atoms with E-state index in [0.29, 0.717) is 4.34 Å². The molecule has 1 aromatic heterocycles. The number of rotatable bonds is 8. The van der Waals surface area contributed by atoms with E-state index < -0.39 is 21.7 Å². The van der Waals surface area contributed by atoms with Gasteiger partial charge in [-0.2, -0.15) is 0 Å². The number of nitro benzene ring substituents is 2. The minimum Gasteiger partial charge on any atom is -0.325 e. The van der Waals surface area contributed by atoms with Crippen LogP contribution in [0.25, 0.3) is 0 Å². The summed E-state index contributed by atoms with van der Waals surface area (Å²) in [4.78, 5) is 45.0. The Balaban J connectivity index is 1.56. The zero-order chi connectivity index (χ0) is 22.4. The number of hydrogen-bond donors (Lipinski definition) is 2. The molecule has 0 atom stereocenters. The van der Waals surface area contributed by atoms with Crippen LogP contribution in [-0.4, -0.2) is 37.6 Å². The Morgan fingerprint density at radius 3 is 2.52 bits per heavy atom. The highest BCUT2D eigenvalue weighted by atomic mass is 32.2. The molecule has 0 saturated carbocycles. The van der Waals surface area contributed by atoms with Crippen molar-refractivity contribution in [2.45, 2.75) is 4.34 Å². The second-order valence-corrected chi connectivity index (χ2v) is 7.95. The number of non-ortho nitro benzene ring substituents is 1. The van der Waals surface area contributed by atoms with Crippen molar-refractivity contribution in [3.8, 4) is 0 Å². The summed E-state index contributed by atoms with van der Waals surface area (Å²) < 4.78 is 0.382. The number of carbonyl (C=O) groups is 2. The number of aromatic nitrogens is 2. The molecule has 3 aromatic rings. The van der Waals surface area contributed by atoms with Crippen LogP contribution < -0.4 is 10.6 Å². The average Bonchev–Trinajstić information content (AvgIpc) is 3.19. The monoisotopic (exact) mass is 460 g/mol. The smallest absolute Gasteiger partial charge is 0.282 e. The molecule has 0 aliphatic heterocycles. The molecule has 0 bridgehead atoms. The van der Waals surface area contributed by atoms with Crippen molar-refractivity contribution < 1.29 is 19.4 Å². The van der Waals surface area contributed by atoms with Crippen molar-refractivity contribution in [2.75, 3.05) is 16.4 Å². The maximum absolute atomic E-state index is 12.3. The standard InChI is InChI=1S/C17H12N6O6S2/c24-14(18-10-4-3-5-11(8-10)22(26)27)9-30-17-21-20-16(31-17)19-15(25)12-6-1-2-7-13(12)23(28)29/h1-8H,9H2,(H,18,24)(H,19,20,25). The van der Waals surface area contributed by atoms with Gasteiger partial charge in [0.1, 0.15) is 5.56 Å². The molecule has 14 heteroatoms. The fraction of sp³-hybridized carbons (Fsp3) is 0.0588. The number of nitro groups is 2. The summed E-state index contributed by atoms with van der Waals surface area (Å²) >= 11 is 2.04. The zero-order valence-electron chi connectivity index (χ0n) is 15.4. The Hall–Kier alpha value is -3.91. The molecule has 12 nitrogen and oxygen atoms in total. The lowest BCUT2D eigenvalue weighted by atomic mass is 10.1. The lowest BCUT2D eigenvalue weighted by Gasteiger charge is -2.03. The molecule has 158 valence electrons. The zero-order valence-corrected chi connectivity index (χ0v) is 17.0. The highest BCUT2D eigenvalue weighted by Gasteiger charge is 2.20. The molecule has 0 radical (unpaired) electrons. The van der Waals surface area contributed by atoms with Crippen molar-refractivity contribution >= 4 is 57.1 Å². The number of hydrogen-bond acceptors (Lipinski definition) is 10. The van der Waals surface area contributed by atoms with E-state index in [-0.39, 0.29) is 33.5 Å². The molecule has 2 amide bonds. The van der Waals surface area contributed by atoms with Crippen LogP contribution in [0.4, 0.5) is 22.2 Å². The van der Waals surface area contributed by atoms with Crippen LogP contribution in [0.1, 0.15) is 10.4 Å². The average molecular weight is 460 g/mol. The summed E-state index contributed by atoms with van der Waals surface area (Å²) in [5.74, 6) is -1.16. The molecular formula is C17H12N6O6S2. The summed E-state index contributed by atoms with van der Waals surface area (Å²) in [6, 6.07) is 11.0. The van der Waals surface area contributed by atoms with Crippen LogP contribution in [-0.2, 0) is 4.79 Å². The number of para-hydroxylation sites is 1. The Kier molecular flexibility index (Phi) is 6.84. The van der Waals surface area contributed by atoms with Gasteiger partial charge in [-0.3, -0.25) is 35.1 Å². The molecule has 2 N–H and O–H groups in total. The van der Waals surface area contributed by atoms with Crippen molar-refractivity contribution in [1.29, 1.82) is 0 Å². The Labute approximate surface area is 182 Å². The Morgan fingerprint density at radius 2 is 1.77 bits per heavy atom. The fourth-order valence-corrected chi connectivity index (χ4v) is 3.88. The van der Waals surface area contributed by atoms with E-state index in [1.54, 1.807) is 0 Å².